The van der Waals surface area contributed by atoms with Crippen molar-refractivity contribution in [2.75, 3.05) is 26.3 Å². The van der Waals surface area contributed by atoms with Gasteiger partial charge in [0.2, 0.25) is 5.91 Å². The van der Waals surface area contributed by atoms with Gasteiger partial charge in [-0.25, -0.2) is 4.79 Å². The van der Waals surface area contributed by atoms with Gasteiger partial charge in [0.15, 0.2) is 0 Å². The molecule has 0 aliphatic carbocycles. The minimum absolute atomic E-state index is 0.0826. The quantitative estimate of drug-likeness (QED) is 0.577. The van der Waals surface area contributed by atoms with E-state index in [0.717, 1.165) is 42.5 Å². The molecule has 8 heteroatoms. The van der Waals surface area contributed by atoms with Crippen LogP contribution in [0.25, 0.3) is 10.9 Å². The van der Waals surface area contributed by atoms with Crippen molar-refractivity contribution < 1.29 is 19.1 Å². The fourth-order valence-electron chi connectivity index (χ4n) is 4.13. The van der Waals surface area contributed by atoms with Crippen LogP contribution in [-0.4, -0.2) is 60.1 Å². The van der Waals surface area contributed by atoms with E-state index in [1.807, 2.05) is 30.5 Å². The first-order valence-electron chi connectivity index (χ1n) is 10.6. The van der Waals surface area contributed by atoms with Crippen LogP contribution in [0.4, 0.5) is 4.79 Å². The van der Waals surface area contributed by atoms with Gasteiger partial charge in [0.25, 0.3) is 5.91 Å². The summed E-state index contributed by atoms with van der Waals surface area (Å²) in [6, 6.07) is 6.94. The van der Waals surface area contributed by atoms with E-state index < -0.39 is 6.04 Å². The van der Waals surface area contributed by atoms with Gasteiger partial charge in [0.1, 0.15) is 6.04 Å². The van der Waals surface area contributed by atoms with Gasteiger partial charge >= 0.3 is 6.03 Å². The van der Waals surface area contributed by atoms with Crippen LogP contribution in [0.1, 0.15) is 31.2 Å². The number of fused-ring (bicyclic) bond motifs is 1. The van der Waals surface area contributed by atoms with Crippen LogP contribution in [0, 0.1) is 5.92 Å². The lowest BCUT2D eigenvalue weighted by atomic mass is 10.0. The van der Waals surface area contributed by atoms with Crippen LogP contribution in [0.2, 0.25) is 0 Å². The molecule has 1 aromatic carbocycles. The Morgan fingerprint density at radius 3 is 2.83 bits per heavy atom. The number of urea groups is 1. The van der Waals surface area contributed by atoms with E-state index in [-0.39, 0.29) is 24.3 Å². The molecule has 2 aromatic rings. The van der Waals surface area contributed by atoms with Gasteiger partial charge in [0, 0.05) is 49.8 Å². The third-order valence-corrected chi connectivity index (χ3v) is 5.98. The number of hydrogen-bond acceptors (Lipinski definition) is 4. The van der Waals surface area contributed by atoms with Crippen molar-refractivity contribution in [1.29, 1.82) is 0 Å². The summed E-state index contributed by atoms with van der Waals surface area (Å²) in [7, 11) is 0. The fraction of sp³-hybridized carbons (Fsp3) is 0.500. The molecule has 2 aliphatic heterocycles. The van der Waals surface area contributed by atoms with Gasteiger partial charge < -0.3 is 20.4 Å². The van der Waals surface area contributed by atoms with Crippen molar-refractivity contribution in [3.63, 3.8) is 0 Å². The van der Waals surface area contributed by atoms with E-state index in [0.29, 0.717) is 31.8 Å². The summed E-state index contributed by atoms with van der Waals surface area (Å²) in [5.74, 6) is 0.119. The molecule has 0 saturated carbocycles. The first-order valence-corrected chi connectivity index (χ1v) is 10.6. The second-order valence-corrected chi connectivity index (χ2v) is 8.00. The summed E-state index contributed by atoms with van der Waals surface area (Å²) in [6.45, 7) is 2.46. The Balaban J connectivity index is 1.23. The predicted molar refractivity (Wildman–Crippen MR) is 112 cm³/mol. The fourth-order valence-corrected chi connectivity index (χ4v) is 4.13. The van der Waals surface area contributed by atoms with E-state index >= 15 is 0 Å². The highest BCUT2D eigenvalue weighted by atomic mass is 16.5. The van der Waals surface area contributed by atoms with Crippen LogP contribution in [0.3, 0.4) is 0 Å². The molecule has 3 heterocycles. The van der Waals surface area contributed by atoms with Crippen molar-refractivity contribution in [2.45, 2.75) is 38.1 Å². The first-order chi connectivity index (χ1) is 14.6. The molecule has 8 nitrogen and oxygen atoms in total. The van der Waals surface area contributed by atoms with Crippen molar-refractivity contribution >= 4 is 28.7 Å². The molecule has 1 aromatic heterocycles. The number of imide groups is 1. The maximum Gasteiger partial charge on any atom is 0.324 e. The average molecular weight is 412 g/mol. The Hall–Kier alpha value is -2.87. The molecular weight excluding hydrogens is 384 g/mol. The van der Waals surface area contributed by atoms with Crippen LogP contribution >= 0.6 is 0 Å². The smallest absolute Gasteiger partial charge is 0.324 e. The number of para-hydroxylation sites is 1. The number of nitrogens with one attached hydrogen (secondary N) is 3. The number of rotatable bonds is 8. The topological polar surface area (TPSA) is 104 Å². The zero-order valence-electron chi connectivity index (χ0n) is 17.0. The lowest BCUT2D eigenvalue weighted by Crippen LogP contribution is -2.35. The molecule has 0 unspecified atom stereocenters. The molecule has 4 amide bonds. The molecule has 160 valence electrons. The van der Waals surface area contributed by atoms with Crippen LogP contribution < -0.4 is 10.6 Å². The standard InChI is InChI=1S/C22H28N4O4/c27-20(24-13-15-8-11-30-12-9-15)6-5-19-21(28)26(22(29)25-19)10-7-16-14-23-18-4-2-1-3-17(16)18/h1-4,14-15,19,23H,5-13H2,(H,24,27)(H,25,29)/t19-/m0/s1. The molecule has 2 fully saturated rings. The SMILES string of the molecule is O=C(CC[C@@H]1NC(=O)N(CCc2c[nH]c3ccccc23)C1=O)NCC1CCOCC1. The predicted octanol–water partition coefficient (Wildman–Crippen LogP) is 1.95. The number of benzene rings is 1. The van der Waals surface area contributed by atoms with Gasteiger partial charge in [-0.3, -0.25) is 14.5 Å². The van der Waals surface area contributed by atoms with E-state index in [1.54, 1.807) is 0 Å². The van der Waals surface area contributed by atoms with Crippen molar-refractivity contribution in [2.24, 2.45) is 5.92 Å². The van der Waals surface area contributed by atoms with Crippen molar-refractivity contribution in [3.8, 4) is 0 Å². The maximum absolute atomic E-state index is 12.6. The molecular formula is C22H28N4O4. The van der Waals surface area contributed by atoms with E-state index in [4.69, 9.17) is 4.74 Å². The van der Waals surface area contributed by atoms with Crippen LogP contribution in [0.15, 0.2) is 30.5 Å². The number of nitrogens with zero attached hydrogens (tertiary/aromatic N) is 1. The zero-order chi connectivity index (χ0) is 20.9. The number of aromatic amines is 1. The second kappa shape index (κ2) is 9.30. The van der Waals surface area contributed by atoms with Gasteiger partial charge in [-0.1, -0.05) is 18.2 Å². The number of ether oxygens (including phenoxy) is 1. The van der Waals surface area contributed by atoms with Gasteiger partial charge in [-0.2, -0.15) is 0 Å². The summed E-state index contributed by atoms with van der Waals surface area (Å²) >= 11 is 0. The lowest BCUT2D eigenvalue weighted by molar-refractivity contribution is -0.127. The summed E-state index contributed by atoms with van der Waals surface area (Å²) in [5.41, 5.74) is 2.11. The Morgan fingerprint density at radius 2 is 2.00 bits per heavy atom. The summed E-state index contributed by atoms with van der Waals surface area (Å²) < 4.78 is 5.32. The highest BCUT2D eigenvalue weighted by Gasteiger charge is 2.37. The minimum atomic E-state index is -0.630. The Kier molecular flexibility index (Phi) is 6.32. The number of H-pyrrole nitrogens is 1. The van der Waals surface area contributed by atoms with Gasteiger partial charge in [-0.15, -0.1) is 0 Å². The normalized spacial score (nSPS) is 20.0. The number of aromatic nitrogens is 1. The summed E-state index contributed by atoms with van der Waals surface area (Å²) in [4.78, 5) is 41.5. The number of carbonyl (C=O) groups is 3. The van der Waals surface area contributed by atoms with Crippen LogP contribution in [0.5, 0.6) is 0 Å². The average Bonchev–Trinajstić information content (AvgIpc) is 3.30. The molecule has 0 spiro atoms. The first kappa shape index (κ1) is 20.4. The van der Waals surface area contributed by atoms with Gasteiger partial charge in [0.05, 0.1) is 0 Å². The van der Waals surface area contributed by atoms with Crippen molar-refractivity contribution in [3.05, 3.63) is 36.0 Å². The monoisotopic (exact) mass is 412 g/mol. The largest absolute Gasteiger partial charge is 0.381 e. The third kappa shape index (κ3) is 4.64. The molecule has 1 atom stereocenters. The van der Waals surface area contributed by atoms with Crippen LogP contribution in [-0.2, 0) is 20.7 Å². The molecule has 3 N–H and O–H groups in total. The van der Waals surface area contributed by atoms with E-state index in [1.165, 1.54) is 4.90 Å². The summed E-state index contributed by atoms with van der Waals surface area (Å²) in [5, 5.41) is 6.75. The van der Waals surface area contributed by atoms with Gasteiger partial charge in [-0.05, 0) is 43.2 Å². The number of carbonyl (C=O) groups excluding carboxylic acids is 3. The highest BCUT2D eigenvalue weighted by molar-refractivity contribution is 6.04. The lowest BCUT2D eigenvalue weighted by Gasteiger charge is -2.22. The van der Waals surface area contributed by atoms with E-state index in [2.05, 4.69) is 15.6 Å². The Morgan fingerprint density at radius 1 is 1.20 bits per heavy atom. The second-order valence-electron chi connectivity index (χ2n) is 8.00. The van der Waals surface area contributed by atoms with E-state index in [9.17, 15) is 14.4 Å². The Labute approximate surface area is 175 Å². The molecule has 30 heavy (non-hydrogen) atoms. The molecule has 2 aliphatic rings. The highest BCUT2D eigenvalue weighted by Crippen LogP contribution is 2.20. The molecule has 0 bridgehead atoms. The molecule has 4 rings (SSSR count). The summed E-state index contributed by atoms with van der Waals surface area (Å²) in [6.07, 6.45) is 4.96. The molecule has 2 saturated heterocycles. The molecule has 0 radical (unpaired) electrons. The Bertz CT molecular complexity index is 919. The number of amides is 4. The van der Waals surface area contributed by atoms with Crippen molar-refractivity contribution in [1.82, 2.24) is 20.5 Å². The maximum atomic E-state index is 12.6. The number of hydrogen-bond donors (Lipinski definition) is 3. The zero-order valence-corrected chi connectivity index (χ0v) is 17.0. The minimum Gasteiger partial charge on any atom is -0.381 e. The third-order valence-electron chi connectivity index (χ3n) is 5.98.